The lowest BCUT2D eigenvalue weighted by atomic mass is 10.1. The van der Waals surface area contributed by atoms with E-state index in [1.54, 1.807) is 6.92 Å². The van der Waals surface area contributed by atoms with Gasteiger partial charge in [-0.05, 0) is 6.92 Å². The maximum atomic E-state index is 10.7. The Balaban J connectivity index is 3.56. The molecule has 0 aliphatic heterocycles. The second-order valence-corrected chi connectivity index (χ2v) is 2.10. The van der Waals surface area contributed by atoms with Crippen LogP contribution in [0.25, 0.3) is 0 Å². The van der Waals surface area contributed by atoms with Crippen LogP contribution in [-0.4, -0.2) is 12.6 Å². The van der Waals surface area contributed by atoms with Crippen LogP contribution in [0.4, 0.5) is 0 Å². The summed E-state index contributed by atoms with van der Waals surface area (Å²) < 4.78 is 4.54. The number of rotatable bonds is 3. The van der Waals surface area contributed by atoms with Gasteiger partial charge in [-0.2, -0.15) is 5.26 Å². The van der Waals surface area contributed by atoms with Crippen molar-refractivity contribution in [2.24, 2.45) is 5.92 Å². The molecule has 0 saturated carbocycles. The molecule has 0 N–H and O–H groups in total. The van der Waals surface area contributed by atoms with Crippen molar-refractivity contribution in [2.45, 2.75) is 13.3 Å². The zero-order chi connectivity index (χ0) is 8.69. The van der Waals surface area contributed by atoms with E-state index in [0.717, 1.165) is 0 Å². The standard InChI is InChI=1S/C8H9NO2/c1-3-4-11-8(10)5-7(2)6-9/h1,7H,4-5H2,2H3. The highest BCUT2D eigenvalue weighted by molar-refractivity contribution is 5.70. The Morgan fingerprint density at radius 3 is 2.91 bits per heavy atom. The number of hydrogen-bond acceptors (Lipinski definition) is 3. The second kappa shape index (κ2) is 5.32. The molecule has 0 radical (unpaired) electrons. The summed E-state index contributed by atoms with van der Waals surface area (Å²) in [5.41, 5.74) is 0. The third-order valence-electron chi connectivity index (χ3n) is 1.01. The number of carbonyl (C=O) groups excluding carboxylic acids is 1. The van der Waals surface area contributed by atoms with Crippen molar-refractivity contribution in [3.8, 4) is 18.4 Å². The molecule has 0 aliphatic rings. The summed E-state index contributed by atoms with van der Waals surface area (Å²) in [5, 5.41) is 8.31. The molecule has 3 nitrogen and oxygen atoms in total. The van der Waals surface area contributed by atoms with E-state index >= 15 is 0 Å². The zero-order valence-electron chi connectivity index (χ0n) is 6.33. The zero-order valence-corrected chi connectivity index (χ0v) is 6.33. The average molecular weight is 151 g/mol. The smallest absolute Gasteiger partial charge is 0.308 e. The van der Waals surface area contributed by atoms with Gasteiger partial charge in [-0.1, -0.05) is 5.92 Å². The summed E-state index contributed by atoms with van der Waals surface area (Å²) in [7, 11) is 0. The van der Waals surface area contributed by atoms with E-state index in [4.69, 9.17) is 11.7 Å². The first-order valence-corrected chi connectivity index (χ1v) is 3.19. The molecule has 0 saturated heterocycles. The number of carbonyl (C=O) groups is 1. The third-order valence-corrected chi connectivity index (χ3v) is 1.01. The van der Waals surface area contributed by atoms with Gasteiger partial charge in [0.05, 0.1) is 18.4 Å². The summed E-state index contributed by atoms with van der Waals surface area (Å²) in [5.74, 6) is 1.44. The molecule has 0 aromatic rings. The van der Waals surface area contributed by atoms with Crippen molar-refractivity contribution in [3.63, 3.8) is 0 Å². The van der Waals surface area contributed by atoms with Crippen LogP contribution in [0.3, 0.4) is 0 Å². The van der Waals surface area contributed by atoms with Gasteiger partial charge < -0.3 is 4.74 Å². The predicted molar refractivity (Wildman–Crippen MR) is 39.2 cm³/mol. The Kier molecular flexibility index (Phi) is 4.60. The fraction of sp³-hybridized carbons (Fsp3) is 0.500. The fourth-order valence-electron chi connectivity index (χ4n) is 0.477. The van der Waals surface area contributed by atoms with Gasteiger partial charge >= 0.3 is 5.97 Å². The largest absolute Gasteiger partial charge is 0.452 e. The summed E-state index contributed by atoms with van der Waals surface area (Å²) in [4.78, 5) is 10.7. The Morgan fingerprint density at radius 1 is 1.82 bits per heavy atom. The molecule has 0 aromatic carbocycles. The first-order chi connectivity index (χ1) is 5.20. The summed E-state index contributed by atoms with van der Waals surface area (Å²) in [6, 6.07) is 1.92. The van der Waals surface area contributed by atoms with Crippen molar-refractivity contribution in [1.82, 2.24) is 0 Å². The van der Waals surface area contributed by atoms with E-state index in [2.05, 4.69) is 10.7 Å². The third kappa shape index (κ3) is 4.99. The van der Waals surface area contributed by atoms with Gasteiger partial charge in [-0.25, -0.2) is 0 Å². The van der Waals surface area contributed by atoms with E-state index in [0.29, 0.717) is 0 Å². The summed E-state index contributed by atoms with van der Waals surface area (Å²) in [6.07, 6.45) is 4.96. The lowest BCUT2D eigenvalue weighted by molar-refractivity contribution is -0.142. The molecular weight excluding hydrogens is 142 g/mol. The number of ether oxygens (including phenoxy) is 1. The number of esters is 1. The van der Waals surface area contributed by atoms with Crippen molar-refractivity contribution in [1.29, 1.82) is 5.26 Å². The molecule has 0 spiro atoms. The molecule has 1 atom stereocenters. The topological polar surface area (TPSA) is 50.1 Å². The van der Waals surface area contributed by atoms with E-state index in [9.17, 15) is 4.79 Å². The van der Waals surface area contributed by atoms with Crippen molar-refractivity contribution < 1.29 is 9.53 Å². The maximum absolute atomic E-state index is 10.7. The number of hydrogen-bond donors (Lipinski definition) is 0. The van der Waals surface area contributed by atoms with Crippen LogP contribution in [0.2, 0.25) is 0 Å². The van der Waals surface area contributed by atoms with Gasteiger partial charge in [-0.15, -0.1) is 6.42 Å². The van der Waals surface area contributed by atoms with Gasteiger partial charge in [0.2, 0.25) is 0 Å². The lowest BCUT2D eigenvalue weighted by Gasteiger charge is -2.00. The van der Waals surface area contributed by atoms with Crippen molar-refractivity contribution in [3.05, 3.63) is 0 Å². The van der Waals surface area contributed by atoms with Gasteiger partial charge in [0.1, 0.15) is 0 Å². The fourth-order valence-corrected chi connectivity index (χ4v) is 0.477. The van der Waals surface area contributed by atoms with Crippen LogP contribution < -0.4 is 0 Å². The molecule has 0 bridgehead atoms. The highest BCUT2D eigenvalue weighted by atomic mass is 16.5. The van der Waals surface area contributed by atoms with Crippen LogP contribution in [0, 0.1) is 29.6 Å². The first kappa shape index (κ1) is 9.52. The molecule has 11 heavy (non-hydrogen) atoms. The normalized spacial score (nSPS) is 10.8. The number of nitriles is 1. The quantitative estimate of drug-likeness (QED) is 0.441. The van der Waals surface area contributed by atoms with Crippen molar-refractivity contribution >= 4 is 5.97 Å². The van der Waals surface area contributed by atoms with Crippen LogP contribution in [0.5, 0.6) is 0 Å². The molecule has 0 heterocycles. The summed E-state index contributed by atoms with van der Waals surface area (Å²) >= 11 is 0. The molecule has 0 aliphatic carbocycles. The lowest BCUT2D eigenvalue weighted by Crippen LogP contribution is -2.08. The highest BCUT2D eigenvalue weighted by Gasteiger charge is 2.07. The van der Waals surface area contributed by atoms with Crippen LogP contribution in [0.15, 0.2) is 0 Å². The van der Waals surface area contributed by atoms with Crippen LogP contribution in [0.1, 0.15) is 13.3 Å². The Hall–Kier alpha value is -1.48. The number of terminal acetylenes is 1. The van der Waals surface area contributed by atoms with Gasteiger partial charge in [0.25, 0.3) is 0 Å². The maximum Gasteiger partial charge on any atom is 0.308 e. The van der Waals surface area contributed by atoms with Gasteiger partial charge in [0.15, 0.2) is 6.61 Å². The van der Waals surface area contributed by atoms with Gasteiger partial charge in [0, 0.05) is 0 Å². The molecule has 0 rings (SSSR count). The average Bonchev–Trinajstić information content (AvgIpc) is 2.00. The first-order valence-electron chi connectivity index (χ1n) is 3.19. The SMILES string of the molecule is C#CCOC(=O)CC(C)C#N. The Morgan fingerprint density at radius 2 is 2.45 bits per heavy atom. The highest BCUT2D eigenvalue weighted by Crippen LogP contribution is 2.00. The van der Waals surface area contributed by atoms with Crippen LogP contribution >= 0.6 is 0 Å². The minimum Gasteiger partial charge on any atom is -0.452 e. The van der Waals surface area contributed by atoms with E-state index < -0.39 is 5.97 Å². The second-order valence-electron chi connectivity index (χ2n) is 2.10. The summed E-state index contributed by atoms with van der Waals surface area (Å²) in [6.45, 7) is 1.63. The molecule has 58 valence electrons. The Labute approximate surface area is 66.0 Å². The Bertz CT molecular complexity index is 209. The number of nitrogens with zero attached hydrogens (tertiary/aromatic N) is 1. The predicted octanol–water partition coefficient (Wildman–Crippen LogP) is 0.713. The monoisotopic (exact) mass is 151 g/mol. The van der Waals surface area contributed by atoms with Crippen molar-refractivity contribution in [2.75, 3.05) is 6.61 Å². The molecule has 0 amide bonds. The molecule has 1 unspecified atom stereocenters. The minimum absolute atomic E-state index is 0.0169. The van der Waals surface area contributed by atoms with E-state index in [1.807, 2.05) is 6.07 Å². The molecule has 0 aromatic heterocycles. The van der Waals surface area contributed by atoms with Gasteiger partial charge in [-0.3, -0.25) is 4.79 Å². The van der Waals surface area contributed by atoms with E-state index in [-0.39, 0.29) is 18.9 Å². The minimum atomic E-state index is -0.419. The van der Waals surface area contributed by atoms with E-state index in [1.165, 1.54) is 0 Å². The molecule has 0 fully saturated rings. The molecule has 3 heteroatoms. The van der Waals surface area contributed by atoms with Crippen LogP contribution in [-0.2, 0) is 9.53 Å². The molecular formula is C8H9NO2.